The maximum atomic E-state index is 13.3. The highest BCUT2D eigenvalue weighted by molar-refractivity contribution is 7.89. The maximum absolute atomic E-state index is 13.3. The molecule has 1 fully saturated rings. The molecule has 2 N–H and O–H groups in total. The number of carbonyl (C=O) groups is 1. The SMILES string of the molecule is COC(=O)C1CN(S(=O)(=O)c2cc(N)cc(F)c2)CCO1. The predicted molar refractivity (Wildman–Crippen MR) is 71.3 cm³/mol. The Labute approximate surface area is 121 Å². The summed E-state index contributed by atoms with van der Waals surface area (Å²) in [5.41, 5.74) is 5.47. The lowest BCUT2D eigenvalue weighted by atomic mass is 10.3. The van der Waals surface area contributed by atoms with Gasteiger partial charge in [-0.05, 0) is 18.2 Å². The monoisotopic (exact) mass is 318 g/mol. The Balaban J connectivity index is 2.28. The number of hydrogen-bond donors (Lipinski definition) is 1. The van der Waals surface area contributed by atoms with Crippen molar-refractivity contribution < 1.29 is 27.1 Å². The number of hydrogen-bond acceptors (Lipinski definition) is 6. The van der Waals surface area contributed by atoms with Crippen LogP contribution in [0, 0.1) is 5.82 Å². The minimum Gasteiger partial charge on any atom is -0.467 e. The van der Waals surface area contributed by atoms with Gasteiger partial charge >= 0.3 is 5.97 Å². The zero-order chi connectivity index (χ0) is 15.6. The van der Waals surface area contributed by atoms with Crippen LogP contribution < -0.4 is 5.73 Å². The lowest BCUT2D eigenvalue weighted by Crippen LogP contribution is -2.48. The van der Waals surface area contributed by atoms with Crippen LogP contribution in [0.3, 0.4) is 0 Å². The highest BCUT2D eigenvalue weighted by Crippen LogP contribution is 2.22. The van der Waals surface area contributed by atoms with Crippen LogP contribution in [-0.4, -0.2) is 51.6 Å². The molecular formula is C12H15FN2O5S. The number of anilines is 1. The summed E-state index contributed by atoms with van der Waals surface area (Å²) in [4.78, 5) is 11.2. The highest BCUT2D eigenvalue weighted by atomic mass is 32.2. The summed E-state index contributed by atoms with van der Waals surface area (Å²) in [6.07, 6.45) is -0.996. The van der Waals surface area contributed by atoms with Crippen molar-refractivity contribution in [1.82, 2.24) is 4.31 Å². The summed E-state index contributed by atoms with van der Waals surface area (Å²) in [5, 5.41) is 0. The van der Waals surface area contributed by atoms with E-state index in [4.69, 9.17) is 10.5 Å². The second kappa shape index (κ2) is 5.96. The molecule has 0 aromatic heterocycles. The summed E-state index contributed by atoms with van der Waals surface area (Å²) < 4.78 is 48.9. The fourth-order valence-electron chi connectivity index (χ4n) is 2.00. The van der Waals surface area contributed by atoms with Crippen LogP contribution in [-0.2, 0) is 24.3 Å². The number of nitrogens with two attached hydrogens (primary N) is 1. The van der Waals surface area contributed by atoms with Gasteiger partial charge in [-0.1, -0.05) is 0 Å². The number of carbonyl (C=O) groups excluding carboxylic acids is 1. The molecule has 2 rings (SSSR count). The van der Waals surface area contributed by atoms with Crippen molar-refractivity contribution in [3.63, 3.8) is 0 Å². The molecule has 1 unspecified atom stereocenters. The maximum Gasteiger partial charge on any atom is 0.336 e. The van der Waals surface area contributed by atoms with Gasteiger partial charge in [-0.3, -0.25) is 0 Å². The molecule has 0 amide bonds. The van der Waals surface area contributed by atoms with E-state index in [2.05, 4.69) is 4.74 Å². The van der Waals surface area contributed by atoms with E-state index in [-0.39, 0.29) is 30.3 Å². The number of nitrogen functional groups attached to an aromatic ring is 1. The quantitative estimate of drug-likeness (QED) is 0.621. The van der Waals surface area contributed by atoms with Crippen LogP contribution in [0.25, 0.3) is 0 Å². The standard InChI is InChI=1S/C12H15FN2O5S/c1-19-12(16)11-7-15(2-3-20-11)21(17,18)10-5-8(13)4-9(14)6-10/h4-6,11H,2-3,7,14H2,1H3. The van der Waals surface area contributed by atoms with Gasteiger partial charge in [0.2, 0.25) is 10.0 Å². The molecule has 1 aromatic rings. The number of nitrogens with zero attached hydrogens (tertiary/aromatic N) is 1. The second-order valence-electron chi connectivity index (χ2n) is 4.47. The molecule has 0 aliphatic carbocycles. The van der Waals surface area contributed by atoms with Crippen LogP contribution in [0.2, 0.25) is 0 Å². The third-order valence-electron chi connectivity index (χ3n) is 3.02. The zero-order valence-electron chi connectivity index (χ0n) is 11.3. The van der Waals surface area contributed by atoms with E-state index in [9.17, 15) is 17.6 Å². The molecule has 1 aromatic carbocycles. The predicted octanol–water partition coefficient (Wildman–Crippen LogP) is -0.0296. The molecule has 0 saturated carbocycles. The van der Waals surface area contributed by atoms with Crippen LogP contribution >= 0.6 is 0 Å². The van der Waals surface area contributed by atoms with Crippen LogP contribution in [0.4, 0.5) is 10.1 Å². The lowest BCUT2D eigenvalue weighted by Gasteiger charge is -2.30. The summed E-state index contributed by atoms with van der Waals surface area (Å²) in [5.74, 6) is -1.40. The fourth-order valence-corrected chi connectivity index (χ4v) is 3.49. The van der Waals surface area contributed by atoms with E-state index in [1.807, 2.05) is 0 Å². The van der Waals surface area contributed by atoms with Crippen molar-refractivity contribution >= 4 is 21.7 Å². The summed E-state index contributed by atoms with van der Waals surface area (Å²) in [6, 6.07) is 3.07. The van der Waals surface area contributed by atoms with Gasteiger partial charge in [0.15, 0.2) is 6.10 Å². The van der Waals surface area contributed by atoms with Crippen molar-refractivity contribution in [2.75, 3.05) is 32.5 Å². The van der Waals surface area contributed by atoms with Crippen molar-refractivity contribution in [1.29, 1.82) is 0 Å². The molecule has 0 spiro atoms. The first-order valence-corrected chi connectivity index (χ1v) is 7.54. The molecule has 116 valence electrons. The minimum atomic E-state index is -3.96. The average Bonchev–Trinajstić information content (AvgIpc) is 2.45. The number of sulfonamides is 1. The molecule has 0 radical (unpaired) electrons. The Morgan fingerprint density at radius 2 is 2.19 bits per heavy atom. The van der Waals surface area contributed by atoms with E-state index in [1.165, 1.54) is 13.2 Å². The zero-order valence-corrected chi connectivity index (χ0v) is 12.1. The molecule has 1 heterocycles. The van der Waals surface area contributed by atoms with Gasteiger partial charge in [0.25, 0.3) is 0 Å². The Hall–Kier alpha value is -1.71. The molecule has 1 atom stereocenters. The van der Waals surface area contributed by atoms with Gasteiger partial charge in [-0.2, -0.15) is 4.31 Å². The number of esters is 1. The first-order valence-electron chi connectivity index (χ1n) is 6.10. The third kappa shape index (κ3) is 3.31. The third-order valence-corrected chi connectivity index (χ3v) is 4.87. The van der Waals surface area contributed by atoms with Gasteiger partial charge < -0.3 is 15.2 Å². The van der Waals surface area contributed by atoms with E-state index < -0.39 is 27.9 Å². The number of benzene rings is 1. The molecular weight excluding hydrogens is 303 g/mol. The van der Waals surface area contributed by atoms with Crippen LogP contribution in [0.5, 0.6) is 0 Å². The molecule has 7 nitrogen and oxygen atoms in total. The van der Waals surface area contributed by atoms with Gasteiger partial charge in [0.05, 0.1) is 25.2 Å². The first kappa shape index (κ1) is 15.7. The number of halogens is 1. The molecule has 1 aliphatic heterocycles. The Bertz CT molecular complexity index is 629. The summed E-state index contributed by atoms with van der Waals surface area (Å²) in [6.45, 7) is -0.0819. The minimum absolute atomic E-state index is 0.00588. The Kier molecular flexibility index (Phi) is 4.45. The Morgan fingerprint density at radius 1 is 1.48 bits per heavy atom. The molecule has 21 heavy (non-hydrogen) atoms. The number of methoxy groups -OCH3 is 1. The van der Waals surface area contributed by atoms with E-state index in [1.54, 1.807) is 0 Å². The normalized spacial score (nSPS) is 20.2. The molecule has 0 bridgehead atoms. The van der Waals surface area contributed by atoms with Crippen molar-refractivity contribution in [3.05, 3.63) is 24.0 Å². The average molecular weight is 318 g/mol. The van der Waals surface area contributed by atoms with Crippen molar-refractivity contribution in [2.45, 2.75) is 11.0 Å². The van der Waals surface area contributed by atoms with Crippen LogP contribution in [0.1, 0.15) is 0 Å². The topological polar surface area (TPSA) is 98.9 Å². The van der Waals surface area contributed by atoms with E-state index in [0.29, 0.717) is 0 Å². The summed E-state index contributed by atoms with van der Waals surface area (Å²) >= 11 is 0. The van der Waals surface area contributed by atoms with Crippen molar-refractivity contribution in [2.24, 2.45) is 0 Å². The lowest BCUT2D eigenvalue weighted by molar-refractivity contribution is -0.157. The van der Waals surface area contributed by atoms with Gasteiger partial charge in [0, 0.05) is 12.2 Å². The Morgan fingerprint density at radius 3 is 2.81 bits per heavy atom. The van der Waals surface area contributed by atoms with Gasteiger partial charge in [0.1, 0.15) is 5.82 Å². The molecule has 1 saturated heterocycles. The number of rotatable bonds is 3. The largest absolute Gasteiger partial charge is 0.467 e. The number of ether oxygens (including phenoxy) is 2. The smallest absolute Gasteiger partial charge is 0.336 e. The van der Waals surface area contributed by atoms with E-state index >= 15 is 0 Å². The first-order chi connectivity index (χ1) is 9.84. The summed E-state index contributed by atoms with van der Waals surface area (Å²) in [7, 11) is -2.77. The van der Waals surface area contributed by atoms with Crippen LogP contribution in [0.15, 0.2) is 23.1 Å². The van der Waals surface area contributed by atoms with Gasteiger partial charge in [-0.15, -0.1) is 0 Å². The second-order valence-corrected chi connectivity index (χ2v) is 6.40. The number of morpholine rings is 1. The van der Waals surface area contributed by atoms with Gasteiger partial charge in [-0.25, -0.2) is 17.6 Å². The highest BCUT2D eigenvalue weighted by Gasteiger charge is 2.34. The molecule has 1 aliphatic rings. The fraction of sp³-hybridized carbons (Fsp3) is 0.417. The van der Waals surface area contributed by atoms with Crippen molar-refractivity contribution in [3.8, 4) is 0 Å². The molecule has 9 heteroatoms. The van der Waals surface area contributed by atoms with E-state index in [0.717, 1.165) is 16.4 Å².